The topological polar surface area (TPSA) is 29.5 Å². The first-order chi connectivity index (χ1) is 5.17. The second-order valence-corrected chi connectivity index (χ2v) is 3.23. The molecule has 2 nitrogen and oxygen atoms in total. The Kier molecular flexibility index (Phi) is 2.55. The molecular formula is C9H16O2. The second kappa shape index (κ2) is 3.26. The SMILES string of the molecule is CCCC(C)(O)C1=CCCO1. The van der Waals surface area contributed by atoms with Gasteiger partial charge in [-0.15, -0.1) is 0 Å². The molecule has 1 unspecified atom stereocenters. The van der Waals surface area contributed by atoms with Gasteiger partial charge in [-0.25, -0.2) is 0 Å². The molecule has 0 amide bonds. The summed E-state index contributed by atoms with van der Waals surface area (Å²) in [4.78, 5) is 0. The third-order valence-electron chi connectivity index (χ3n) is 1.97. The van der Waals surface area contributed by atoms with Crippen LogP contribution in [-0.4, -0.2) is 17.3 Å². The number of hydrogen-bond acceptors (Lipinski definition) is 2. The second-order valence-electron chi connectivity index (χ2n) is 3.23. The minimum atomic E-state index is -0.731. The van der Waals surface area contributed by atoms with Crippen molar-refractivity contribution in [1.82, 2.24) is 0 Å². The molecule has 11 heavy (non-hydrogen) atoms. The predicted molar refractivity (Wildman–Crippen MR) is 44.2 cm³/mol. The van der Waals surface area contributed by atoms with Crippen molar-refractivity contribution in [3.05, 3.63) is 11.8 Å². The Bertz CT molecular complexity index is 159. The molecule has 0 saturated heterocycles. The van der Waals surface area contributed by atoms with E-state index in [1.165, 1.54) is 0 Å². The Morgan fingerprint density at radius 2 is 2.45 bits per heavy atom. The van der Waals surface area contributed by atoms with Crippen LogP contribution in [0, 0.1) is 0 Å². The van der Waals surface area contributed by atoms with Crippen molar-refractivity contribution in [2.24, 2.45) is 0 Å². The molecule has 0 saturated carbocycles. The molecule has 1 N–H and O–H groups in total. The van der Waals surface area contributed by atoms with Crippen LogP contribution in [-0.2, 0) is 4.74 Å². The highest BCUT2D eigenvalue weighted by atomic mass is 16.5. The first-order valence-corrected chi connectivity index (χ1v) is 4.22. The van der Waals surface area contributed by atoms with Crippen LogP contribution in [0.25, 0.3) is 0 Å². The molecule has 0 aromatic rings. The van der Waals surface area contributed by atoms with Crippen LogP contribution in [0.1, 0.15) is 33.1 Å². The fraction of sp³-hybridized carbons (Fsp3) is 0.778. The highest BCUT2D eigenvalue weighted by Gasteiger charge is 2.28. The molecule has 0 aliphatic carbocycles. The van der Waals surface area contributed by atoms with Gasteiger partial charge in [-0.3, -0.25) is 0 Å². The fourth-order valence-corrected chi connectivity index (χ4v) is 1.40. The van der Waals surface area contributed by atoms with Crippen LogP contribution in [0.3, 0.4) is 0 Å². The van der Waals surface area contributed by atoms with E-state index in [-0.39, 0.29) is 0 Å². The quantitative estimate of drug-likeness (QED) is 0.675. The van der Waals surface area contributed by atoms with E-state index in [0.29, 0.717) is 0 Å². The Hall–Kier alpha value is -0.500. The van der Waals surface area contributed by atoms with Gasteiger partial charge < -0.3 is 9.84 Å². The van der Waals surface area contributed by atoms with E-state index < -0.39 is 5.60 Å². The smallest absolute Gasteiger partial charge is 0.123 e. The number of hydrogen-bond donors (Lipinski definition) is 1. The number of aliphatic hydroxyl groups is 1. The molecule has 1 rings (SSSR count). The van der Waals surface area contributed by atoms with E-state index in [0.717, 1.165) is 31.6 Å². The molecule has 64 valence electrons. The summed E-state index contributed by atoms with van der Waals surface area (Å²) in [5.41, 5.74) is -0.731. The van der Waals surface area contributed by atoms with Gasteiger partial charge in [0, 0.05) is 6.42 Å². The lowest BCUT2D eigenvalue weighted by Crippen LogP contribution is -2.26. The largest absolute Gasteiger partial charge is 0.495 e. The Morgan fingerprint density at radius 3 is 2.91 bits per heavy atom. The molecule has 1 heterocycles. The van der Waals surface area contributed by atoms with Gasteiger partial charge >= 0.3 is 0 Å². The summed E-state index contributed by atoms with van der Waals surface area (Å²) in [5.74, 6) is 0.763. The van der Waals surface area contributed by atoms with Gasteiger partial charge in [-0.05, 0) is 19.4 Å². The molecule has 0 bridgehead atoms. The van der Waals surface area contributed by atoms with Crippen molar-refractivity contribution >= 4 is 0 Å². The van der Waals surface area contributed by atoms with Crippen LogP contribution in [0.15, 0.2) is 11.8 Å². The van der Waals surface area contributed by atoms with Crippen molar-refractivity contribution in [2.75, 3.05) is 6.61 Å². The summed E-state index contributed by atoms with van der Waals surface area (Å²) in [6, 6.07) is 0. The van der Waals surface area contributed by atoms with Gasteiger partial charge in [0.1, 0.15) is 11.4 Å². The zero-order valence-electron chi connectivity index (χ0n) is 7.26. The highest BCUT2D eigenvalue weighted by molar-refractivity contribution is 5.10. The predicted octanol–water partition coefficient (Wildman–Crippen LogP) is 1.84. The summed E-state index contributed by atoms with van der Waals surface area (Å²) >= 11 is 0. The van der Waals surface area contributed by atoms with Crippen molar-refractivity contribution in [2.45, 2.75) is 38.7 Å². The van der Waals surface area contributed by atoms with Gasteiger partial charge in [0.05, 0.1) is 6.61 Å². The molecule has 0 aromatic heterocycles. The van der Waals surface area contributed by atoms with Crippen LogP contribution in [0.2, 0.25) is 0 Å². The molecular weight excluding hydrogens is 140 g/mol. The zero-order valence-corrected chi connectivity index (χ0v) is 7.26. The van der Waals surface area contributed by atoms with E-state index in [2.05, 4.69) is 6.92 Å². The van der Waals surface area contributed by atoms with Crippen molar-refractivity contribution in [3.63, 3.8) is 0 Å². The minimum Gasteiger partial charge on any atom is -0.495 e. The lowest BCUT2D eigenvalue weighted by atomic mass is 9.98. The lowest BCUT2D eigenvalue weighted by Gasteiger charge is -2.23. The van der Waals surface area contributed by atoms with Crippen molar-refractivity contribution < 1.29 is 9.84 Å². The monoisotopic (exact) mass is 156 g/mol. The molecule has 1 aliphatic heterocycles. The summed E-state index contributed by atoms with van der Waals surface area (Å²) in [6.07, 6.45) is 4.68. The molecule has 0 fully saturated rings. The molecule has 0 aromatic carbocycles. The molecule has 0 radical (unpaired) electrons. The number of ether oxygens (including phenoxy) is 1. The first-order valence-electron chi connectivity index (χ1n) is 4.22. The van der Waals surface area contributed by atoms with E-state index in [9.17, 15) is 5.11 Å². The maximum atomic E-state index is 9.82. The average Bonchev–Trinajstić information content (AvgIpc) is 2.37. The summed E-state index contributed by atoms with van der Waals surface area (Å²) in [5, 5.41) is 9.82. The van der Waals surface area contributed by atoms with Gasteiger partial charge in [-0.2, -0.15) is 0 Å². The highest BCUT2D eigenvalue weighted by Crippen LogP contribution is 2.26. The maximum Gasteiger partial charge on any atom is 0.123 e. The van der Waals surface area contributed by atoms with Gasteiger partial charge in [0.25, 0.3) is 0 Å². The lowest BCUT2D eigenvalue weighted by molar-refractivity contribution is 0.0272. The summed E-state index contributed by atoms with van der Waals surface area (Å²) in [6.45, 7) is 4.60. The fourth-order valence-electron chi connectivity index (χ4n) is 1.40. The standard InChI is InChI=1S/C9H16O2/c1-3-6-9(2,10)8-5-4-7-11-8/h5,10H,3-4,6-7H2,1-2H3. The van der Waals surface area contributed by atoms with E-state index in [1.807, 2.05) is 13.0 Å². The van der Waals surface area contributed by atoms with Crippen molar-refractivity contribution in [1.29, 1.82) is 0 Å². The van der Waals surface area contributed by atoms with Crippen LogP contribution in [0.5, 0.6) is 0 Å². The van der Waals surface area contributed by atoms with Gasteiger partial charge in [0.2, 0.25) is 0 Å². The zero-order chi connectivity index (χ0) is 8.32. The van der Waals surface area contributed by atoms with Crippen LogP contribution in [0.4, 0.5) is 0 Å². The normalized spacial score (nSPS) is 22.3. The van der Waals surface area contributed by atoms with Gasteiger partial charge in [-0.1, -0.05) is 13.3 Å². The molecule has 1 aliphatic rings. The van der Waals surface area contributed by atoms with E-state index in [4.69, 9.17) is 4.74 Å². The average molecular weight is 156 g/mol. The Balaban J connectivity index is 2.55. The Labute approximate surface area is 67.9 Å². The molecule has 1 atom stereocenters. The number of rotatable bonds is 3. The van der Waals surface area contributed by atoms with Crippen molar-refractivity contribution in [3.8, 4) is 0 Å². The third-order valence-corrected chi connectivity index (χ3v) is 1.97. The first kappa shape index (κ1) is 8.60. The summed E-state index contributed by atoms with van der Waals surface area (Å²) in [7, 11) is 0. The maximum absolute atomic E-state index is 9.82. The Morgan fingerprint density at radius 1 is 1.73 bits per heavy atom. The molecule has 2 heteroatoms. The van der Waals surface area contributed by atoms with Crippen LogP contribution < -0.4 is 0 Å². The third kappa shape index (κ3) is 1.96. The van der Waals surface area contributed by atoms with Gasteiger partial charge in [0.15, 0.2) is 0 Å². The summed E-state index contributed by atoms with van der Waals surface area (Å²) < 4.78 is 5.28. The minimum absolute atomic E-state index is 0.731. The van der Waals surface area contributed by atoms with Crippen LogP contribution >= 0.6 is 0 Å². The molecule has 0 spiro atoms. The van der Waals surface area contributed by atoms with E-state index in [1.54, 1.807) is 0 Å². The van der Waals surface area contributed by atoms with E-state index >= 15 is 0 Å².